The van der Waals surface area contributed by atoms with E-state index in [2.05, 4.69) is 19.9 Å². The third kappa shape index (κ3) is 4.41. The topological polar surface area (TPSA) is 123 Å². The Morgan fingerprint density at radius 3 is 2.86 bits per heavy atom. The van der Waals surface area contributed by atoms with Gasteiger partial charge in [0.1, 0.15) is 16.9 Å². The van der Waals surface area contributed by atoms with Crippen LogP contribution in [0.15, 0.2) is 35.5 Å². The van der Waals surface area contributed by atoms with Crippen LogP contribution in [0, 0.1) is 23.0 Å². The van der Waals surface area contributed by atoms with E-state index in [0.717, 1.165) is 42.7 Å². The van der Waals surface area contributed by atoms with Gasteiger partial charge in [-0.2, -0.15) is 5.26 Å². The number of ether oxygens (including phenoxy) is 2. The molecule has 209 valence electrons. The number of nitrogen functional groups attached to an aromatic ring is 1. The van der Waals surface area contributed by atoms with Gasteiger partial charge < -0.3 is 5.73 Å². The molecule has 3 aromatic heterocycles. The van der Waals surface area contributed by atoms with Crippen molar-refractivity contribution >= 4 is 90.1 Å². The Kier molecular flexibility index (Phi) is 7.58. The van der Waals surface area contributed by atoms with Crippen molar-refractivity contribution in [2.75, 3.05) is 30.9 Å². The summed E-state index contributed by atoms with van der Waals surface area (Å²) in [7, 11) is 1.39. The van der Waals surface area contributed by atoms with Crippen molar-refractivity contribution < 1.29 is 18.3 Å². The molecule has 5 aromatic rings. The molecule has 1 aliphatic rings. The molecule has 0 spiro atoms. The zero-order valence-corrected chi connectivity index (χ0v) is 27.5. The van der Waals surface area contributed by atoms with Gasteiger partial charge in [-0.05, 0) is 6.07 Å². The Morgan fingerprint density at radius 2 is 2.12 bits per heavy atom. The third-order valence-corrected chi connectivity index (χ3v) is 8.99. The van der Waals surface area contributed by atoms with E-state index in [0.29, 0.717) is 18.2 Å². The number of anilines is 2. The number of pyridine rings is 1. The number of benzene rings is 2. The quantitative estimate of drug-likeness (QED) is 0.168. The normalized spacial score (nSPS) is 13.8. The zero-order chi connectivity index (χ0) is 29.7. The molecule has 4 heterocycles. The zero-order valence-electron chi connectivity index (χ0n) is 22.1. The van der Waals surface area contributed by atoms with Crippen molar-refractivity contribution in [3.05, 3.63) is 58.2 Å². The van der Waals surface area contributed by atoms with Crippen molar-refractivity contribution in [2.24, 2.45) is 4.99 Å². The van der Waals surface area contributed by atoms with Gasteiger partial charge in [0.2, 0.25) is 0 Å². The molecule has 14 heteroatoms. The van der Waals surface area contributed by atoms with Gasteiger partial charge in [-0.3, -0.25) is 0 Å². The summed E-state index contributed by atoms with van der Waals surface area (Å²) in [6, 6.07) is 7.96. The number of fused-ring (bicyclic) bond motifs is 1. The molecule has 1 aliphatic heterocycles. The fraction of sp³-hybridized carbons (Fsp3) is 0.179. The number of nitriles is 1. The SMILES string of the molecule is COc1nc2c3c(c(Cl)c(-c4ccc(F)c5sc(N)c(C#N)c45)c(F)c3n1)OCCN2[C@H](C)c1cccnc1/N=[CH]\[Pb]. The van der Waals surface area contributed by atoms with Gasteiger partial charge in [-0.15, -0.1) is 11.3 Å². The summed E-state index contributed by atoms with van der Waals surface area (Å²) in [5.74, 6) is -0.290. The first-order chi connectivity index (χ1) is 20.3. The molecule has 2 N–H and O–H groups in total. The number of thiophene rings is 1. The molecule has 9 nitrogen and oxygen atoms in total. The predicted octanol–water partition coefficient (Wildman–Crippen LogP) is 6.09. The van der Waals surface area contributed by atoms with E-state index in [1.165, 1.54) is 19.2 Å². The number of halogens is 3. The van der Waals surface area contributed by atoms with Crippen LogP contribution >= 0.6 is 22.9 Å². The summed E-state index contributed by atoms with van der Waals surface area (Å²) in [5, 5.41) is 10.3. The fourth-order valence-electron chi connectivity index (χ4n) is 5.22. The molecule has 0 saturated carbocycles. The Hall–Kier alpha value is -3.68. The minimum absolute atomic E-state index is 0.0393. The molecule has 0 aliphatic carbocycles. The number of aliphatic imine (C=N–C) groups is 1. The van der Waals surface area contributed by atoms with Crippen molar-refractivity contribution in [3.63, 3.8) is 0 Å². The summed E-state index contributed by atoms with van der Waals surface area (Å²) in [5.41, 5.74) is 6.91. The number of nitrogens with two attached hydrogens (primary N) is 1. The van der Waals surface area contributed by atoms with Crippen molar-refractivity contribution in [2.45, 2.75) is 13.0 Å². The van der Waals surface area contributed by atoms with Gasteiger partial charge in [-0.1, -0.05) is 6.07 Å². The maximum atomic E-state index is 16.7. The van der Waals surface area contributed by atoms with E-state index in [-0.39, 0.29) is 72.1 Å². The van der Waals surface area contributed by atoms with Crippen LogP contribution in [0.2, 0.25) is 5.02 Å². The Morgan fingerprint density at radius 1 is 1.31 bits per heavy atom. The van der Waals surface area contributed by atoms with Crippen LogP contribution in [-0.2, 0) is 0 Å². The third-order valence-electron chi connectivity index (χ3n) is 7.10. The second kappa shape index (κ2) is 11.2. The Labute approximate surface area is 263 Å². The summed E-state index contributed by atoms with van der Waals surface area (Å²) < 4.78 is 45.0. The molecular weight excluding hydrogens is 779 g/mol. The van der Waals surface area contributed by atoms with Crippen molar-refractivity contribution in [1.82, 2.24) is 15.0 Å². The van der Waals surface area contributed by atoms with E-state index in [1.807, 2.05) is 30.0 Å². The Bertz CT molecular complexity index is 1980. The van der Waals surface area contributed by atoms with Gasteiger partial charge >= 0.3 is 193 Å². The number of aromatic nitrogens is 3. The van der Waals surface area contributed by atoms with Crippen LogP contribution in [0.3, 0.4) is 0 Å². The predicted molar refractivity (Wildman–Crippen MR) is 160 cm³/mol. The molecule has 42 heavy (non-hydrogen) atoms. The molecule has 0 unspecified atom stereocenters. The van der Waals surface area contributed by atoms with Crippen LogP contribution in [-0.4, -0.2) is 64.8 Å². The van der Waals surface area contributed by atoms with Gasteiger partial charge in [0.05, 0.1) is 10.3 Å². The van der Waals surface area contributed by atoms with Gasteiger partial charge in [0.15, 0.2) is 0 Å². The monoisotopic (exact) mass is 798 g/mol. The average Bonchev–Trinajstić information content (AvgIpc) is 3.22. The standard InChI is InChI=1S/C28H19ClF2N7O2S.Pb/c1-12(13-5-4-8-35-26(13)34-2)38-9-10-40-23-19-22(36-28(39-3)37-27(19)38)21(31)18(20(23)29)14-6-7-16(30)24-17(14)15(11-32)25(33)41-24;/h2,4-8,12H,9-10,33H2,1,3H3;/t12-;/m1./s1. The molecule has 1 atom stereocenters. The number of hydrogen-bond donors (Lipinski definition) is 1. The summed E-state index contributed by atoms with van der Waals surface area (Å²) in [6.07, 6.45) is 1.68. The van der Waals surface area contributed by atoms with E-state index in [9.17, 15) is 9.65 Å². The van der Waals surface area contributed by atoms with E-state index in [4.69, 9.17) is 26.8 Å². The molecule has 0 fully saturated rings. The minimum atomic E-state index is -0.803. The summed E-state index contributed by atoms with van der Waals surface area (Å²) in [4.78, 5) is 19.8. The number of rotatable bonds is 5. The summed E-state index contributed by atoms with van der Waals surface area (Å²) >= 11 is 8.61. The second-order valence-electron chi connectivity index (χ2n) is 9.23. The molecule has 6 rings (SSSR count). The van der Waals surface area contributed by atoms with Crippen LogP contribution < -0.4 is 20.1 Å². The average molecular weight is 798 g/mol. The van der Waals surface area contributed by atoms with E-state index >= 15 is 4.39 Å². The van der Waals surface area contributed by atoms with Crippen molar-refractivity contribution in [3.8, 4) is 29.0 Å². The van der Waals surface area contributed by atoms with Crippen LogP contribution in [0.25, 0.3) is 32.1 Å². The second-order valence-corrected chi connectivity index (χ2v) is 11.7. The first-order valence-electron chi connectivity index (χ1n) is 12.5. The summed E-state index contributed by atoms with van der Waals surface area (Å²) in [6.45, 7) is 2.51. The van der Waals surface area contributed by atoms with Gasteiger partial charge in [-0.25, -0.2) is 4.39 Å². The van der Waals surface area contributed by atoms with Gasteiger partial charge in [0.25, 0.3) is 0 Å². The number of nitrogens with zero attached hydrogens (tertiary/aromatic N) is 6. The molecule has 0 bridgehead atoms. The Balaban J connectivity index is 1.66. The van der Waals surface area contributed by atoms with Crippen LogP contribution in [0.5, 0.6) is 11.8 Å². The first-order valence-corrected chi connectivity index (χ1v) is 16.0. The van der Waals surface area contributed by atoms with E-state index in [1.54, 1.807) is 9.97 Å². The molecule has 3 radical (unpaired) electrons. The fourth-order valence-corrected chi connectivity index (χ4v) is 6.97. The first kappa shape index (κ1) is 28.4. The number of hydrogen-bond acceptors (Lipinski definition) is 10. The van der Waals surface area contributed by atoms with Crippen LogP contribution in [0.1, 0.15) is 24.1 Å². The maximum absolute atomic E-state index is 16.7. The molecule has 0 saturated heterocycles. The van der Waals surface area contributed by atoms with Crippen LogP contribution in [0.4, 0.5) is 25.4 Å². The molecule has 2 aromatic carbocycles. The van der Waals surface area contributed by atoms with E-state index < -0.39 is 11.6 Å². The molecule has 0 amide bonds. The number of methoxy groups -OCH3 is 1. The van der Waals surface area contributed by atoms with Gasteiger partial charge in [0, 0.05) is 5.39 Å². The molecular formula is C28H19ClF2N7O2PbS. The van der Waals surface area contributed by atoms with Crippen molar-refractivity contribution in [1.29, 1.82) is 5.26 Å².